The van der Waals surface area contributed by atoms with Crippen molar-refractivity contribution < 1.29 is 4.92 Å². The molecule has 1 heterocycles. The van der Waals surface area contributed by atoms with Crippen LogP contribution in [0.4, 0.5) is 11.5 Å². The number of H-pyrrole nitrogens is 1. The summed E-state index contributed by atoms with van der Waals surface area (Å²) in [5.41, 5.74) is 3.09. The summed E-state index contributed by atoms with van der Waals surface area (Å²) < 4.78 is 0. The average molecular weight is 350 g/mol. The second kappa shape index (κ2) is 5.97. The molecule has 1 aromatic carbocycles. The Hall–Kier alpha value is -3.07. The fourth-order valence-electron chi connectivity index (χ4n) is 2.00. The SMILES string of the molecule is N#Cc1c(N)[nH]c(=O)c(C#N)c1-c1c(Cl)ccc([N+](=O)[O-])c1Cl. The van der Waals surface area contributed by atoms with E-state index in [9.17, 15) is 25.4 Å². The van der Waals surface area contributed by atoms with Crippen molar-refractivity contribution in [1.29, 1.82) is 10.5 Å². The number of rotatable bonds is 2. The Morgan fingerprint density at radius 3 is 2.30 bits per heavy atom. The van der Waals surface area contributed by atoms with Crippen LogP contribution in [0.3, 0.4) is 0 Å². The number of aromatic amines is 1. The van der Waals surface area contributed by atoms with Crippen molar-refractivity contribution in [2.75, 3.05) is 5.73 Å². The zero-order valence-corrected chi connectivity index (χ0v) is 12.6. The summed E-state index contributed by atoms with van der Waals surface area (Å²) in [6.45, 7) is 0. The summed E-state index contributed by atoms with van der Waals surface area (Å²) in [6, 6.07) is 5.62. The molecule has 0 bridgehead atoms. The molecule has 1 aromatic heterocycles. The van der Waals surface area contributed by atoms with Crippen molar-refractivity contribution in [2.24, 2.45) is 0 Å². The molecule has 0 atom stereocenters. The molecule has 8 nitrogen and oxygen atoms in total. The van der Waals surface area contributed by atoms with E-state index >= 15 is 0 Å². The number of pyridine rings is 1. The van der Waals surface area contributed by atoms with Gasteiger partial charge in [0.25, 0.3) is 11.2 Å². The summed E-state index contributed by atoms with van der Waals surface area (Å²) in [4.78, 5) is 24.3. The third-order valence-corrected chi connectivity index (χ3v) is 3.68. The zero-order chi connectivity index (χ0) is 17.3. The number of nitrogens with zero attached hydrogens (tertiary/aromatic N) is 3. The smallest absolute Gasteiger partial charge is 0.288 e. The zero-order valence-electron chi connectivity index (χ0n) is 11.1. The Morgan fingerprint density at radius 2 is 1.78 bits per heavy atom. The van der Waals surface area contributed by atoms with E-state index in [1.54, 1.807) is 12.1 Å². The predicted molar refractivity (Wildman–Crippen MR) is 83.0 cm³/mol. The van der Waals surface area contributed by atoms with Gasteiger partial charge in [-0.25, -0.2) is 0 Å². The fourth-order valence-corrected chi connectivity index (χ4v) is 2.63. The van der Waals surface area contributed by atoms with Crippen molar-refractivity contribution in [3.8, 4) is 23.3 Å². The molecule has 0 aliphatic rings. The van der Waals surface area contributed by atoms with Crippen LogP contribution >= 0.6 is 23.2 Å². The third-order valence-electron chi connectivity index (χ3n) is 2.99. The van der Waals surface area contributed by atoms with E-state index in [-0.39, 0.29) is 27.5 Å². The molecule has 0 aliphatic heterocycles. The Morgan fingerprint density at radius 1 is 1.17 bits per heavy atom. The van der Waals surface area contributed by atoms with Gasteiger partial charge in [-0.2, -0.15) is 10.5 Å². The molecule has 23 heavy (non-hydrogen) atoms. The molecular formula is C13H5Cl2N5O3. The first-order chi connectivity index (χ1) is 10.8. The second-order valence-electron chi connectivity index (χ2n) is 4.23. The largest absolute Gasteiger partial charge is 0.384 e. The summed E-state index contributed by atoms with van der Waals surface area (Å²) in [6.07, 6.45) is 0. The molecule has 3 N–H and O–H groups in total. The number of nitro groups is 1. The summed E-state index contributed by atoms with van der Waals surface area (Å²) >= 11 is 12.0. The maximum Gasteiger partial charge on any atom is 0.288 e. The number of anilines is 1. The van der Waals surface area contributed by atoms with Crippen LogP contribution in [0.1, 0.15) is 11.1 Å². The normalized spacial score (nSPS) is 9.91. The Bertz CT molecular complexity index is 985. The lowest BCUT2D eigenvalue weighted by molar-refractivity contribution is -0.384. The van der Waals surface area contributed by atoms with E-state index in [2.05, 4.69) is 4.98 Å². The highest BCUT2D eigenvalue weighted by Gasteiger charge is 2.26. The first-order valence-electron chi connectivity index (χ1n) is 5.82. The second-order valence-corrected chi connectivity index (χ2v) is 5.01. The van der Waals surface area contributed by atoms with Gasteiger partial charge in [-0.15, -0.1) is 0 Å². The lowest BCUT2D eigenvalue weighted by Crippen LogP contribution is -2.16. The van der Waals surface area contributed by atoms with Crippen LogP contribution in [0.5, 0.6) is 0 Å². The van der Waals surface area contributed by atoms with Crippen molar-refractivity contribution in [3.63, 3.8) is 0 Å². The maximum atomic E-state index is 11.9. The van der Waals surface area contributed by atoms with Crippen molar-refractivity contribution >= 4 is 34.7 Å². The third kappa shape index (κ3) is 2.57. The minimum Gasteiger partial charge on any atom is -0.384 e. The molecule has 2 rings (SSSR count). The number of aromatic nitrogens is 1. The van der Waals surface area contributed by atoms with E-state index in [1.807, 2.05) is 0 Å². The van der Waals surface area contributed by atoms with Gasteiger partial charge in [-0.3, -0.25) is 14.9 Å². The van der Waals surface area contributed by atoms with Gasteiger partial charge >= 0.3 is 0 Å². The minimum atomic E-state index is -0.863. The summed E-state index contributed by atoms with van der Waals surface area (Å²) in [5.74, 6) is -0.301. The number of benzene rings is 1. The van der Waals surface area contributed by atoms with E-state index in [0.717, 1.165) is 6.07 Å². The molecule has 10 heteroatoms. The molecule has 0 radical (unpaired) electrons. The minimum absolute atomic E-state index is 0.0707. The molecule has 0 unspecified atom stereocenters. The molecule has 0 aliphatic carbocycles. The van der Waals surface area contributed by atoms with E-state index in [0.29, 0.717) is 0 Å². The highest BCUT2D eigenvalue weighted by molar-refractivity contribution is 6.40. The topological polar surface area (TPSA) is 150 Å². The van der Waals surface area contributed by atoms with Crippen LogP contribution in [0.25, 0.3) is 11.1 Å². The number of hydrogen-bond donors (Lipinski definition) is 2. The van der Waals surface area contributed by atoms with Crippen LogP contribution in [0.2, 0.25) is 10.0 Å². The van der Waals surface area contributed by atoms with Gasteiger partial charge in [-0.1, -0.05) is 23.2 Å². The Balaban J connectivity index is 3.08. The number of halogens is 2. The molecule has 114 valence electrons. The monoisotopic (exact) mass is 349 g/mol. The van der Waals surface area contributed by atoms with E-state index < -0.39 is 26.8 Å². The quantitative estimate of drug-likeness (QED) is 0.628. The predicted octanol–water partition coefficient (Wildman–Crippen LogP) is 2.58. The maximum absolute atomic E-state index is 11.9. The highest BCUT2D eigenvalue weighted by Crippen LogP contribution is 2.42. The van der Waals surface area contributed by atoms with Gasteiger partial charge < -0.3 is 10.7 Å². The number of nitrogens with two attached hydrogens (primary N) is 1. The standard InChI is InChI=1S/C13H5Cl2N5O3/c14-7-1-2-8(20(22)23)11(15)10(7)9-5(3-16)12(18)19-13(21)6(9)4-17/h1-2H,(H3,18,19,21). The van der Waals surface area contributed by atoms with Gasteiger partial charge in [0.05, 0.1) is 9.95 Å². The Kier molecular flexibility index (Phi) is 4.23. The van der Waals surface area contributed by atoms with Gasteiger partial charge in [0, 0.05) is 17.2 Å². The van der Waals surface area contributed by atoms with Crippen LogP contribution < -0.4 is 11.3 Å². The van der Waals surface area contributed by atoms with Gasteiger partial charge in [-0.05, 0) is 6.07 Å². The number of nitriles is 2. The molecular weight excluding hydrogens is 345 g/mol. The lowest BCUT2D eigenvalue weighted by Gasteiger charge is -2.12. The van der Waals surface area contributed by atoms with E-state index in [1.165, 1.54) is 6.07 Å². The van der Waals surface area contributed by atoms with Crippen molar-refractivity contribution in [2.45, 2.75) is 0 Å². The first-order valence-corrected chi connectivity index (χ1v) is 6.57. The molecule has 0 amide bonds. The van der Waals surface area contributed by atoms with Crippen LogP contribution in [-0.4, -0.2) is 9.91 Å². The van der Waals surface area contributed by atoms with Crippen molar-refractivity contribution in [3.05, 3.63) is 53.8 Å². The number of nitrogen functional groups attached to an aromatic ring is 1. The average Bonchev–Trinajstić information content (AvgIpc) is 2.47. The van der Waals surface area contributed by atoms with Crippen LogP contribution in [0, 0.1) is 32.8 Å². The summed E-state index contributed by atoms with van der Waals surface area (Å²) in [5, 5.41) is 29.0. The van der Waals surface area contributed by atoms with Crippen LogP contribution in [0.15, 0.2) is 16.9 Å². The molecule has 0 saturated heterocycles. The van der Waals surface area contributed by atoms with E-state index in [4.69, 9.17) is 28.9 Å². The molecule has 2 aromatic rings. The fraction of sp³-hybridized carbons (Fsp3) is 0. The Labute approximate surface area is 138 Å². The first kappa shape index (κ1) is 16.3. The lowest BCUT2D eigenvalue weighted by atomic mass is 9.96. The molecule has 0 spiro atoms. The van der Waals surface area contributed by atoms with Crippen LogP contribution in [-0.2, 0) is 0 Å². The summed E-state index contributed by atoms with van der Waals surface area (Å²) in [7, 11) is 0. The van der Waals surface area contributed by atoms with Crippen molar-refractivity contribution in [1.82, 2.24) is 4.98 Å². The van der Waals surface area contributed by atoms with Gasteiger partial charge in [0.2, 0.25) is 0 Å². The number of nitrogens with one attached hydrogen (secondary N) is 1. The van der Waals surface area contributed by atoms with Gasteiger partial charge in [0.15, 0.2) is 0 Å². The molecule has 0 fully saturated rings. The molecule has 0 saturated carbocycles. The highest BCUT2D eigenvalue weighted by atomic mass is 35.5. The number of nitro benzene ring substituents is 1. The number of hydrogen-bond acceptors (Lipinski definition) is 6. The van der Waals surface area contributed by atoms with Gasteiger partial charge in [0.1, 0.15) is 34.1 Å².